The number of hydrogen-bond acceptors (Lipinski definition) is 3. The molecule has 0 spiro atoms. The van der Waals surface area contributed by atoms with Crippen molar-refractivity contribution in [2.45, 2.75) is 46.7 Å². The number of piperazine rings is 1. The maximum atomic E-state index is 4.69. The molecule has 114 valence electrons. The van der Waals surface area contributed by atoms with Gasteiger partial charge in [-0.25, -0.2) is 0 Å². The van der Waals surface area contributed by atoms with Crippen molar-refractivity contribution >= 4 is 15.9 Å². The highest BCUT2D eigenvalue weighted by Gasteiger charge is 2.20. The highest BCUT2D eigenvalue weighted by molar-refractivity contribution is 9.10. The van der Waals surface area contributed by atoms with E-state index < -0.39 is 0 Å². The zero-order valence-corrected chi connectivity index (χ0v) is 14.6. The lowest BCUT2D eigenvalue weighted by Crippen LogP contribution is -2.46. The SMILES string of the molecule is CCCN1CCN(Cc2c(Br)c(CC)nn2CC)CC1. The second-order valence-corrected chi connectivity index (χ2v) is 6.29. The minimum absolute atomic E-state index is 0.948. The molecule has 1 aliphatic rings. The molecule has 4 nitrogen and oxygen atoms in total. The number of nitrogens with zero attached hydrogens (tertiary/aromatic N) is 4. The number of rotatable bonds is 6. The molecule has 20 heavy (non-hydrogen) atoms. The van der Waals surface area contributed by atoms with Crippen LogP contribution in [0.25, 0.3) is 0 Å². The largest absolute Gasteiger partial charge is 0.301 e. The number of hydrogen-bond donors (Lipinski definition) is 0. The monoisotopic (exact) mass is 342 g/mol. The van der Waals surface area contributed by atoms with Crippen LogP contribution in [0.3, 0.4) is 0 Å². The van der Waals surface area contributed by atoms with Gasteiger partial charge in [0.25, 0.3) is 0 Å². The van der Waals surface area contributed by atoms with Gasteiger partial charge in [0, 0.05) is 39.3 Å². The zero-order chi connectivity index (χ0) is 14.5. The highest BCUT2D eigenvalue weighted by atomic mass is 79.9. The van der Waals surface area contributed by atoms with Crippen molar-refractivity contribution < 1.29 is 0 Å². The molecule has 1 aromatic rings. The van der Waals surface area contributed by atoms with E-state index in [1.54, 1.807) is 0 Å². The predicted molar refractivity (Wildman–Crippen MR) is 87.0 cm³/mol. The lowest BCUT2D eigenvalue weighted by atomic mass is 10.2. The molecule has 0 saturated carbocycles. The third kappa shape index (κ3) is 3.62. The van der Waals surface area contributed by atoms with E-state index in [1.165, 1.54) is 55.0 Å². The summed E-state index contributed by atoms with van der Waals surface area (Å²) in [7, 11) is 0. The smallest absolute Gasteiger partial charge is 0.0767 e. The first-order chi connectivity index (χ1) is 9.69. The Balaban J connectivity index is 1.99. The van der Waals surface area contributed by atoms with Gasteiger partial charge >= 0.3 is 0 Å². The summed E-state index contributed by atoms with van der Waals surface area (Å²) < 4.78 is 3.37. The molecule has 1 aromatic heterocycles. The van der Waals surface area contributed by atoms with Crippen molar-refractivity contribution in [1.82, 2.24) is 19.6 Å². The Morgan fingerprint density at radius 1 is 1.05 bits per heavy atom. The Hall–Kier alpha value is -0.390. The predicted octanol–water partition coefficient (Wildman–Crippen LogP) is 2.76. The van der Waals surface area contributed by atoms with Crippen LogP contribution in [-0.2, 0) is 19.5 Å². The van der Waals surface area contributed by atoms with Crippen LogP contribution in [-0.4, -0.2) is 52.3 Å². The summed E-state index contributed by atoms with van der Waals surface area (Å²) in [5, 5.41) is 4.69. The van der Waals surface area contributed by atoms with Crippen molar-refractivity contribution in [2.24, 2.45) is 0 Å². The molecule has 0 bridgehead atoms. The van der Waals surface area contributed by atoms with E-state index in [2.05, 4.69) is 56.3 Å². The van der Waals surface area contributed by atoms with E-state index in [0.29, 0.717) is 0 Å². The van der Waals surface area contributed by atoms with E-state index in [-0.39, 0.29) is 0 Å². The van der Waals surface area contributed by atoms with Gasteiger partial charge in [-0.15, -0.1) is 0 Å². The summed E-state index contributed by atoms with van der Waals surface area (Å²) in [5.74, 6) is 0. The summed E-state index contributed by atoms with van der Waals surface area (Å²) in [6.07, 6.45) is 2.25. The molecule has 0 radical (unpaired) electrons. The lowest BCUT2D eigenvalue weighted by molar-refractivity contribution is 0.125. The molecule has 2 rings (SSSR count). The number of halogens is 1. The molecule has 0 atom stereocenters. The van der Waals surface area contributed by atoms with Crippen LogP contribution >= 0.6 is 15.9 Å². The van der Waals surface area contributed by atoms with Gasteiger partial charge in [-0.05, 0) is 42.2 Å². The molecule has 0 N–H and O–H groups in total. The van der Waals surface area contributed by atoms with Crippen molar-refractivity contribution in [3.63, 3.8) is 0 Å². The third-order valence-corrected chi connectivity index (χ3v) is 4.99. The lowest BCUT2D eigenvalue weighted by Gasteiger charge is -2.34. The first-order valence-electron chi connectivity index (χ1n) is 7.88. The second-order valence-electron chi connectivity index (χ2n) is 5.49. The van der Waals surface area contributed by atoms with Gasteiger partial charge in [-0.2, -0.15) is 5.10 Å². The van der Waals surface area contributed by atoms with Gasteiger partial charge in [-0.3, -0.25) is 9.58 Å². The summed E-state index contributed by atoms with van der Waals surface area (Å²) in [5.41, 5.74) is 2.53. The van der Waals surface area contributed by atoms with Gasteiger partial charge < -0.3 is 4.90 Å². The van der Waals surface area contributed by atoms with Crippen LogP contribution in [0.4, 0.5) is 0 Å². The van der Waals surface area contributed by atoms with Crippen LogP contribution in [0.1, 0.15) is 38.6 Å². The Kier molecular flexibility index (Phi) is 6.05. The van der Waals surface area contributed by atoms with Gasteiger partial charge in [0.15, 0.2) is 0 Å². The average Bonchev–Trinajstić information content (AvgIpc) is 2.77. The van der Waals surface area contributed by atoms with Gasteiger partial charge in [-0.1, -0.05) is 13.8 Å². The Labute approximate surface area is 131 Å². The molecule has 2 heterocycles. The minimum atomic E-state index is 0.948. The molecule has 5 heteroatoms. The summed E-state index contributed by atoms with van der Waals surface area (Å²) in [4.78, 5) is 5.12. The average molecular weight is 343 g/mol. The van der Waals surface area contributed by atoms with Crippen LogP contribution in [0.5, 0.6) is 0 Å². The second kappa shape index (κ2) is 7.57. The molecular formula is C15H27BrN4. The Bertz CT molecular complexity index is 422. The van der Waals surface area contributed by atoms with Crippen LogP contribution in [0.15, 0.2) is 4.47 Å². The van der Waals surface area contributed by atoms with Crippen molar-refractivity contribution in [3.8, 4) is 0 Å². The molecule has 1 saturated heterocycles. The normalized spacial score (nSPS) is 17.8. The maximum absolute atomic E-state index is 4.69. The molecule has 0 aromatic carbocycles. The van der Waals surface area contributed by atoms with Gasteiger partial charge in [0.05, 0.1) is 15.9 Å². The topological polar surface area (TPSA) is 24.3 Å². The maximum Gasteiger partial charge on any atom is 0.0767 e. The van der Waals surface area contributed by atoms with E-state index in [1.807, 2.05) is 0 Å². The Morgan fingerprint density at radius 2 is 1.70 bits per heavy atom. The van der Waals surface area contributed by atoms with Crippen LogP contribution in [0.2, 0.25) is 0 Å². The van der Waals surface area contributed by atoms with Crippen molar-refractivity contribution in [3.05, 3.63) is 15.9 Å². The fourth-order valence-corrected chi connectivity index (χ4v) is 3.56. The van der Waals surface area contributed by atoms with E-state index in [4.69, 9.17) is 0 Å². The Morgan fingerprint density at radius 3 is 2.25 bits per heavy atom. The fraction of sp³-hybridized carbons (Fsp3) is 0.800. The quantitative estimate of drug-likeness (QED) is 0.794. The minimum Gasteiger partial charge on any atom is -0.301 e. The molecular weight excluding hydrogens is 316 g/mol. The van der Waals surface area contributed by atoms with Gasteiger partial charge in [0.2, 0.25) is 0 Å². The molecule has 1 aliphatic heterocycles. The van der Waals surface area contributed by atoms with Crippen molar-refractivity contribution in [2.75, 3.05) is 32.7 Å². The summed E-state index contributed by atoms with van der Waals surface area (Å²) >= 11 is 3.75. The van der Waals surface area contributed by atoms with Gasteiger partial charge in [0.1, 0.15) is 0 Å². The third-order valence-electron chi connectivity index (χ3n) is 4.07. The highest BCUT2D eigenvalue weighted by Crippen LogP contribution is 2.24. The molecule has 0 aliphatic carbocycles. The molecule has 0 unspecified atom stereocenters. The number of aryl methyl sites for hydroxylation is 2. The summed E-state index contributed by atoms with van der Waals surface area (Å²) in [6.45, 7) is 14.5. The number of aromatic nitrogens is 2. The van der Waals surface area contributed by atoms with E-state index in [0.717, 1.165) is 19.5 Å². The zero-order valence-electron chi connectivity index (χ0n) is 13.0. The molecule has 1 fully saturated rings. The summed E-state index contributed by atoms with van der Waals surface area (Å²) in [6, 6.07) is 0. The fourth-order valence-electron chi connectivity index (χ4n) is 2.87. The van der Waals surface area contributed by atoms with E-state index in [9.17, 15) is 0 Å². The first kappa shape index (κ1) is 16.0. The molecule has 0 amide bonds. The van der Waals surface area contributed by atoms with E-state index >= 15 is 0 Å². The van der Waals surface area contributed by atoms with Crippen molar-refractivity contribution in [1.29, 1.82) is 0 Å². The van der Waals surface area contributed by atoms with Crippen LogP contribution in [0, 0.1) is 0 Å². The standard InChI is InChI=1S/C15H27BrN4/c1-4-7-18-8-10-19(11-9-18)12-14-15(16)13(5-2)17-20(14)6-3/h4-12H2,1-3H3. The van der Waals surface area contributed by atoms with Crippen LogP contribution < -0.4 is 0 Å². The first-order valence-corrected chi connectivity index (χ1v) is 8.67.